The molecule has 4 nitrogen and oxygen atoms in total. The highest BCUT2D eigenvalue weighted by atomic mass is 35.5. The fraction of sp³-hybridized carbons (Fsp3) is 0.263. The molecule has 3 rings (SSSR count). The van der Waals surface area contributed by atoms with Crippen molar-refractivity contribution in [3.63, 3.8) is 0 Å². The number of ether oxygens (including phenoxy) is 1. The molecule has 2 aromatic rings. The second-order valence-corrected chi connectivity index (χ2v) is 7.44. The number of rotatable bonds is 2. The van der Waals surface area contributed by atoms with Crippen LogP contribution in [0.5, 0.6) is 5.75 Å². The summed E-state index contributed by atoms with van der Waals surface area (Å²) in [6.07, 6.45) is 0.728. The number of nitrogens with one attached hydrogen (secondary N) is 2. The van der Waals surface area contributed by atoms with E-state index in [4.69, 9.17) is 33.8 Å². The molecule has 1 unspecified atom stereocenters. The van der Waals surface area contributed by atoms with Gasteiger partial charge in [-0.1, -0.05) is 17.7 Å². The van der Waals surface area contributed by atoms with E-state index in [-0.39, 0.29) is 11.6 Å². The van der Waals surface area contributed by atoms with Gasteiger partial charge in [0, 0.05) is 22.7 Å². The van der Waals surface area contributed by atoms with Crippen molar-refractivity contribution in [2.24, 2.45) is 0 Å². The van der Waals surface area contributed by atoms with Gasteiger partial charge in [-0.15, -0.1) is 0 Å². The Morgan fingerprint density at radius 2 is 2.12 bits per heavy atom. The number of fused-ring (bicyclic) bond motifs is 1. The predicted octanol–water partition coefficient (Wildman–Crippen LogP) is 4.80. The van der Waals surface area contributed by atoms with E-state index >= 15 is 0 Å². The lowest BCUT2D eigenvalue weighted by Crippen LogP contribution is -2.42. The fourth-order valence-electron chi connectivity index (χ4n) is 2.94. The van der Waals surface area contributed by atoms with Gasteiger partial charge in [0.2, 0.25) is 0 Å². The van der Waals surface area contributed by atoms with Crippen LogP contribution in [0.15, 0.2) is 42.5 Å². The number of nitriles is 1. The van der Waals surface area contributed by atoms with Gasteiger partial charge in [0.1, 0.15) is 11.4 Å². The molecule has 0 aromatic heterocycles. The second kappa shape index (κ2) is 6.91. The summed E-state index contributed by atoms with van der Waals surface area (Å²) in [6.45, 7) is 4.08. The number of nitrogens with zero attached hydrogens (tertiary/aromatic N) is 1. The third-order valence-electron chi connectivity index (χ3n) is 3.98. The van der Waals surface area contributed by atoms with Crippen molar-refractivity contribution in [3.8, 4) is 11.8 Å². The first-order valence-electron chi connectivity index (χ1n) is 7.92. The fourth-order valence-corrected chi connectivity index (χ4v) is 3.39. The van der Waals surface area contributed by atoms with E-state index in [1.807, 2.05) is 50.2 Å². The maximum atomic E-state index is 9.17. The quantitative estimate of drug-likeness (QED) is 0.742. The largest absolute Gasteiger partial charge is 0.487 e. The summed E-state index contributed by atoms with van der Waals surface area (Å²) in [6, 6.07) is 15.0. The van der Waals surface area contributed by atoms with Gasteiger partial charge in [0.15, 0.2) is 5.11 Å². The Bertz CT molecular complexity index is 860. The zero-order chi connectivity index (χ0) is 18.0. The number of hydrogen-bond donors (Lipinski definition) is 2. The van der Waals surface area contributed by atoms with Crippen molar-refractivity contribution in [1.82, 2.24) is 5.32 Å². The summed E-state index contributed by atoms with van der Waals surface area (Å²) in [7, 11) is 0. The van der Waals surface area contributed by atoms with Crippen LogP contribution in [-0.2, 0) is 0 Å². The van der Waals surface area contributed by atoms with Crippen LogP contribution < -0.4 is 15.4 Å². The second-order valence-electron chi connectivity index (χ2n) is 6.59. The number of hydrogen-bond acceptors (Lipinski definition) is 3. The molecular formula is C19H18ClN3OS. The first-order chi connectivity index (χ1) is 11.9. The molecule has 6 heteroatoms. The lowest BCUT2D eigenvalue weighted by molar-refractivity contribution is 0.0696. The minimum atomic E-state index is -0.329. The van der Waals surface area contributed by atoms with Gasteiger partial charge in [0.05, 0.1) is 17.7 Å². The van der Waals surface area contributed by atoms with Crippen molar-refractivity contribution in [2.75, 3.05) is 5.32 Å². The molecule has 25 heavy (non-hydrogen) atoms. The first kappa shape index (κ1) is 17.5. The molecule has 2 N–H and O–H groups in total. The summed E-state index contributed by atoms with van der Waals surface area (Å²) in [5.74, 6) is 0.776. The SMILES string of the molecule is CC1(C)CC(NC(=S)Nc2cccc(Cl)c2)c2cc(C#N)ccc2O1. The Morgan fingerprint density at radius 3 is 2.84 bits per heavy atom. The Labute approximate surface area is 157 Å². The van der Waals surface area contributed by atoms with E-state index in [1.165, 1.54) is 0 Å². The zero-order valence-corrected chi connectivity index (χ0v) is 15.5. The third-order valence-corrected chi connectivity index (χ3v) is 4.44. The van der Waals surface area contributed by atoms with Crippen LogP contribution in [0, 0.1) is 11.3 Å². The minimum absolute atomic E-state index is 0.0498. The minimum Gasteiger partial charge on any atom is -0.487 e. The summed E-state index contributed by atoms with van der Waals surface area (Å²) in [5.41, 5.74) is 2.03. The molecule has 0 bridgehead atoms. The van der Waals surface area contributed by atoms with Gasteiger partial charge in [-0.3, -0.25) is 0 Å². The summed E-state index contributed by atoms with van der Waals surface area (Å²) < 4.78 is 6.03. The van der Waals surface area contributed by atoms with Crippen molar-refractivity contribution < 1.29 is 4.74 Å². The van der Waals surface area contributed by atoms with E-state index in [0.29, 0.717) is 15.7 Å². The molecule has 1 aliphatic rings. The maximum Gasteiger partial charge on any atom is 0.171 e. The van der Waals surface area contributed by atoms with Gasteiger partial charge in [-0.25, -0.2) is 0 Å². The molecule has 0 saturated heterocycles. The zero-order valence-electron chi connectivity index (χ0n) is 14.0. The molecule has 1 aliphatic heterocycles. The molecule has 1 heterocycles. The van der Waals surface area contributed by atoms with E-state index < -0.39 is 0 Å². The highest BCUT2D eigenvalue weighted by molar-refractivity contribution is 7.80. The van der Waals surface area contributed by atoms with Crippen LogP contribution in [0.3, 0.4) is 0 Å². The maximum absolute atomic E-state index is 9.17. The predicted molar refractivity (Wildman–Crippen MR) is 104 cm³/mol. The van der Waals surface area contributed by atoms with Crippen LogP contribution >= 0.6 is 23.8 Å². The number of thiocarbonyl (C=S) groups is 1. The van der Waals surface area contributed by atoms with Crippen LogP contribution in [0.2, 0.25) is 5.02 Å². The van der Waals surface area contributed by atoms with Crippen LogP contribution in [0.1, 0.15) is 37.4 Å². The van der Waals surface area contributed by atoms with Gasteiger partial charge in [0.25, 0.3) is 0 Å². The molecule has 2 aromatic carbocycles. The normalized spacial score (nSPS) is 17.6. The van der Waals surface area contributed by atoms with Gasteiger partial charge >= 0.3 is 0 Å². The third kappa shape index (κ3) is 4.22. The van der Waals surface area contributed by atoms with Crippen molar-refractivity contribution in [3.05, 3.63) is 58.6 Å². The van der Waals surface area contributed by atoms with Crippen LogP contribution in [0.25, 0.3) is 0 Å². The summed E-state index contributed by atoms with van der Waals surface area (Å²) >= 11 is 11.5. The lowest BCUT2D eigenvalue weighted by Gasteiger charge is -2.38. The molecule has 0 radical (unpaired) electrons. The highest BCUT2D eigenvalue weighted by Crippen LogP contribution is 2.39. The van der Waals surface area contributed by atoms with Crippen LogP contribution in [0.4, 0.5) is 5.69 Å². The topological polar surface area (TPSA) is 57.1 Å². The number of benzene rings is 2. The molecule has 0 spiro atoms. The molecule has 1 atom stereocenters. The number of anilines is 1. The Balaban J connectivity index is 1.82. The van der Waals surface area contributed by atoms with E-state index in [2.05, 4.69) is 16.7 Å². The Kier molecular flexibility index (Phi) is 4.85. The molecule has 0 fully saturated rings. The van der Waals surface area contributed by atoms with Gasteiger partial charge in [-0.2, -0.15) is 5.26 Å². The molecule has 0 amide bonds. The molecule has 0 saturated carbocycles. The Hall–Kier alpha value is -2.29. The molecule has 0 aliphatic carbocycles. The Morgan fingerprint density at radius 1 is 1.32 bits per heavy atom. The average molecular weight is 372 g/mol. The summed E-state index contributed by atoms with van der Waals surface area (Å²) in [5, 5.41) is 16.8. The smallest absolute Gasteiger partial charge is 0.171 e. The first-order valence-corrected chi connectivity index (χ1v) is 8.71. The van der Waals surface area contributed by atoms with Crippen molar-refractivity contribution in [2.45, 2.75) is 31.9 Å². The highest BCUT2D eigenvalue weighted by Gasteiger charge is 2.34. The van der Waals surface area contributed by atoms with Gasteiger partial charge in [-0.05, 0) is 62.5 Å². The average Bonchev–Trinajstić information content (AvgIpc) is 2.53. The monoisotopic (exact) mass is 371 g/mol. The van der Waals surface area contributed by atoms with Gasteiger partial charge < -0.3 is 15.4 Å². The van der Waals surface area contributed by atoms with E-state index in [9.17, 15) is 0 Å². The molecular weight excluding hydrogens is 354 g/mol. The van der Waals surface area contributed by atoms with Crippen molar-refractivity contribution in [1.29, 1.82) is 5.26 Å². The van der Waals surface area contributed by atoms with E-state index in [0.717, 1.165) is 23.4 Å². The standard InChI is InChI=1S/C19H18ClN3OS/c1-19(2)10-16(15-8-12(11-21)6-7-17(15)24-19)23-18(25)22-14-5-3-4-13(20)9-14/h3-9,16H,10H2,1-2H3,(H2,22,23,25). The summed E-state index contributed by atoms with van der Waals surface area (Å²) in [4.78, 5) is 0. The van der Waals surface area contributed by atoms with E-state index in [1.54, 1.807) is 6.07 Å². The van der Waals surface area contributed by atoms with Crippen molar-refractivity contribution >= 4 is 34.6 Å². The number of halogens is 1. The molecule has 128 valence electrons. The van der Waals surface area contributed by atoms with Crippen LogP contribution in [-0.4, -0.2) is 10.7 Å². The lowest BCUT2D eigenvalue weighted by atomic mass is 9.89.